The summed E-state index contributed by atoms with van der Waals surface area (Å²) < 4.78 is 14.4. The highest BCUT2D eigenvalue weighted by molar-refractivity contribution is 9.12. The maximum absolute atomic E-state index is 9.95. The van der Waals surface area contributed by atoms with Gasteiger partial charge in [0.05, 0.1) is 6.61 Å². The Morgan fingerprint density at radius 2 is 2.33 bits per heavy atom. The van der Waals surface area contributed by atoms with Gasteiger partial charge < -0.3 is 9.42 Å². The molecular weight excluding hydrogens is 275 g/mol. The van der Waals surface area contributed by atoms with Gasteiger partial charge in [0.25, 0.3) is 0 Å². The van der Waals surface area contributed by atoms with Crippen LogP contribution in [0, 0.1) is 0 Å². The highest BCUT2D eigenvalue weighted by atomic mass is 79.9. The first-order chi connectivity index (χ1) is 4.16. The molecule has 0 aliphatic carbocycles. The second-order valence-corrected chi connectivity index (χ2v) is 4.09. The second kappa shape index (κ2) is 5.86. The van der Waals surface area contributed by atoms with E-state index in [2.05, 4.69) is 36.4 Å². The highest BCUT2D eigenvalue weighted by Gasteiger charge is 2.02. The van der Waals surface area contributed by atoms with Crippen molar-refractivity contribution in [1.29, 1.82) is 0 Å². The van der Waals surface area contributed by atoms with E-state index in [1.165, 1.54) is 0 Å². The van der Waals surface area contributed by atoms with Gasteiger partial charge in [-0.2, -0.15) is 0 Å². The average molecular weight is 282 g/mol. The smallest absolute Gasteiger partial charge is 0.316 e. The third-order valence-electron chi connectivity index (χ3n) is 0.555. The molecule has 0 aliphatic rings. The normalized spacial score (nSPS) is 17.2. The minimum Gasteiger partial charge on any atom is -0.326 e. The second-order valence-electron chi connectivity index (χ2n) is 1.33. The topological polar surface area (TPSA) is 46.5 Å². The van der Waals surface area contributed by atoms with Crippen LogP contribution in [0.5, 0.6) is 0 Å². The van der Waals surface area contributed by atoms with Crippen molar-refractivity contribution in [3.8, 4) is 0 Å². The van der Waals surface area contributed by atoms with Crippen molar-refractivity contribution in [2.45, 2.75) is 4.83 Å². The molecule has 56 valence electrons. The lowest BCUT2D eigenvalue weighted by Crippen LogP contribution is -2.05. The molecule has 0 rings (SSSR count). The predicted molar refractivity (Wildman–Crippen MR) is 43.7 cm³/mol. The maximum atomic E-state index is 9.95. The van der Waals surface area contributed by atoms with Gasteiger partial charge in [-0.05, 0) is 0 Å². The molecule has 0 aromatic carbocycles. The van der Waals surface area contributed by atoms with Crippen LogP contribution in [-0.2, 0) is 9.09 Å². The minimum absolute atomic E-state index is 0.110. The summed E-state index contributed by atoms with van der Waals surface area (Å²) in [6.45, 7) is 0.263. The molecule has 9 heavy (non-hydrogen) atoms. The SMILES string of the molecule is O=[PH](O)OCC(Br)CBr. The largest absolute Gasteiger partial charge is 0.326 e. The molecule has 0 aromatic rings. The molecule has 3 nitrogen and oxygen atoms in total. The lowest BCUT2D eigenvalue weighted by Gasteiger charge is -2.02. The molecule has 0 saturated carbocycles. The summed E-state index contributed by atoms with van der Waals surface area (Å²) in [5, 5.41) is 0.710. The molecule has 2 unspecified atom stereocenters. The molecule has 0 aliphatic heterocycles. The van der Waals surface area contributed by atoms with Crippen LogP contribution in [0.2, 0.25) is 0 Å². The summed E-state index contributed by atoms with van der Waals surface area (Å²) in [7, 11) is -2.74. The molecule has 0 spiro atoms. The van der Waals surface area contributed by atoms with Crippen LogP contribution < -0.4 is 0 Å². The summed E-state index contributed by atoms with van der Waals surface area (Å²) in [4.78, 5) is 8.29. The Hall–Kier alpha value is 1.11. The highest BCUT2D eigenvalue weighted by Crippen LogP contribution is 2.17. The average Bonchev–Trinajstić information content (AvgIpc) is 1.83. The van der Waals surface area contributed by atoms with Crippen molar-refractivity contribution in [1.82, 2.24) is 0 Å². The van der Waals surface area contributed by atoms with Gasteiger partial charge in [-0.3, -0.25) is 4.57 Å². The number of alkyl halides is 2. The van der Waals surface area contributed by atoms with Gasteiger partial charge in [0.1, 0.15) is 0 Å². The van der Waals surface area contributed by atoms with Gasteiger partial charge in [0.15, 0.2) is 0 Å². The Bertz CT molecular complexity index is 99.1. The lowest BCUT2D eigenvalue weighted by molar-refractivity contribution is 0.287. The maximum Gasteiger partial charge on any atom is 0.316 e. The Labute approximate surface area is 71.0 Å². The van der Waals surface area contributed by atoms with E-state index < -0.39 is 8.25 Å². The van der Waals surface area contributed by atoms with E-state index in [9.17, 15) is 4.57 Å². The van der Waals surface area contributed by atoms with Crippen molar-refractivity contribution >= 4 is 40.1 Å². The molecule has 0 amide bonds. The molecule has 1 N–H and O–H groups in total. The van der Waals surface area contributed by atoms with Gasteiger partial charge in [0.2, 0.25) is 0 Å². The molecule has 0 bridgehead atoms. The van der Waals surface area contributed by atoms with Crippen LogP contribution >= 0.6 is 40.1 Å². The molecule has 0 saturated heterocycles. The lowest BCUT2D eigenvalue weighted by atomic mass is 10.5. The number of halogens is 2. The van der Waals surface area contributed by atoms with E-state index in [4.69, 9.17) is 4.89 Å². The van der Waals surface area contributed by atoms with Crippen LogP contribution in [0.25, 0.3) is 0 Å². The third kappa shape index (κ3) is 7.00. The zero-order valence-corrected chi connectivity index (χ0v) is 8.68. The summed E-state index contributed by atoms with van der Waals surface area (Å²) in [5.41, 5.74) is 0. The Kier molecular flexibility index (Phi) is 6.59. The molecule has 2 atom stereocenters. The Morgan fingerprint density at radius 3 is 2.67 bits per heavy atom. The van der Waals surface area contributed by atoms with Crippen LogP contribution in [-0.4, -0.2) is 21.7 Å². The van der Waals surface area contributed by atoms with Crippen LogP contribution in [0.3, 0.4) is 0 Å². The standard InChI is InChI=1S/C3H7Br2O3P/c4-1-3(5)2-8-9(6)7/h3,9H,1-2H2,(H,6,7). The molecule has 0 heterocycles. The fourth-order valence-corrected chi connectivity index (χ4v) is 1.11. The predicted octanol–water partition coefficient (Wildman–Crippen LogP) is 1.54. The zero-order chi connectivity index (χ0) is 7.28. The van der Waals surface area contributed by atoms with Crippen LogP contribution in [0.4, 0.5) is 0 Å². The molecule has 0 aromatic heterocycles. The van der Waals surface area contributed by atoms with E-state index in [1.54, 1.807) is 0 Å². The first-order valence-electron chi connectivity index (χ1n) is 2.22. The van der Waals surface area contributed by atoms with E-state index in [1.807, 2.05) is 0 Å². The van der Waals surface area contributed by atoms with Crippen LogP contribution in [0.1, 0.15) is 0 Å². The van der Waals surface area contributed by atoms with E-state index in [-0.39, 0.29) is 11.4 Å². The summed E-state index contributed by atoms with van der Waals surface area (Å²) >= 11 is 6.37. The molecular formula is C3H7Br2O3P. The van der Waals surface area contributed by atoms with Crippen molar-refractivity contribution in [2.75, 3.05) is 11.9 Å². The monoisotopic (exact) mass is 280 g/mol. The molecule has 0 fully saturated rings. The van der Waals surface area contributed by atoms with E-state index in [0.29, 0.717) is 5.33 Å². The van der Waals surface area contributed by atoms with Crippen molar-refractivity contribution in [3.63, 3.8) is 0 Å². The van der Waals surface area contributed by atoms with Gasteiger partial charge in [-0.1, -0.05) is 31.9 Å². The van der Waals surface area contributed by atoms with Crippen molar-refractivity contribution in [3.05, 3.63) is 0 Å². The number of hydrogen-bond donors (Lipinski definition) is 1. The quantitative estimate of drug-likeness (QED) is 0.628. The third-order valence-corrected chi connectivity index (χ3v) is 3.21. The minimum atomic E-state index is -2.74. The van der Waals surface area contributed by atoms with Crippen molar-refractivity contribution in [2.24, 2.45) is 0 Å². The fraction of sp³-hybridized carbons (Fsp3) is 1.00. The number of rotatable bonds is 4. The first kappa shape index (κ1) is 10.1. The zero-order valence-electron chi connectivity index (χ0n) is 4.51. The van der Waals surface area contributed by atoms with E-state index in [0.717, 1.165) is 0 Å². The fourth-order valence-electron chi connectivity index (χ4n) is 0.206. The van der Waals surface area contributed by atoms with Gasteiger partial charge >= 0.3 is 8.25 Å². The summed E-state index contributed by atoms with van der Waals surface area (Å²) in [6.07, 6.45) is 0. The van der Waals surface area contributed by atoms with Gasteiger partial charge in [-0.25, -0.2) is 0 Å². The first-order valence-corrected chi connectivity index (χ1v) is 5.52. The van der Waals surface area contributed by atoms with Crippen molar-refractivity contribution < 1.29 is 14.0 Å². The molecule has 0 radical (unpaired) electrons. The Morgan fingerprint density at radius 1 is 1.78 bits per heavy atom. The van der Waals surface area contributed by atoms with Crippen LogP contribution in [0.15, 0.2) is 0 Å². The van der Waals surface area contributed by atoms with Gasteiger partial charge in [-0.15, -0.1) is 0 Å². The summed E-state index contributed by atoms with van der Waals surface area (Å²) in [6, 6.07) is 0. The summed E-state index contributed by atoms with van der Waals surface area (Å²) in [5.74, 6) is 0. The Balaban J connectivity index is 3.16. The van der Waals surface area contributed by atoms with E-state index >= 15 is 0 Å². The van der Waals surface area contributed by atoms with Gasteiger partial charge in [0, 0.05) is 10.2 Å². The number of hydrogen-bond acceptors (Lipinski definition) is 2. The molecule has 6 heteroatoms.